The number of hydrogen-bond acceptors (Lipinski definition) is 6. The highest BCUT2D eigenvalue weighted by atomic mass is 32.2. The first kappa shape index (κ1) is 20.1. The van der Waals surface area contributed by atoms with Gasteiger partial charge in [0.15, 0.2) is 9.84 Å². The van der Waals surface area contributed by atoms with Gasteiger partial charge < -0.3 is 10.4 Å². The summed E-state index contributed by atoms with van der Waals surface area (Å²) in [5.74, 6) is 0.335. The maximum atomic E-state index is 12.6. The molecule has 3 rings (SSSR count). The average molecular weight is 396 g/mol. The molecule has 0 radical (unpaired) electrons. The topological polar surface area (TPSA) is 99.6 Å². The number of carboxylic acid groups (broad SMARTS) is 1. The number of rotatable bonds is 8. The number of carbonyl (C=O) groups is 1. The second-order valence-corrected chi connectivity index (χ2v) is 9.93. The summed E-state index contributed by atoms with van der Waals surface area (Å²) < 4.78 is 25.1. The first-order valence-electron chi connectivity index (χ1n) is 9.82. The summed E-state index contributed by atoms with van der Waals surface area (Å²) in [4.78, 5) is 17.2. The van der Waals surface area contributed by atoms with Gasteiger partial charge in [0.1, 0.15) is 5.82 Å². The lowest BCUT2D eigenvalue weighted by Gasteiger charge is -2.30. The zero-order chi connectivity index (χ0) is 19.3. The van der Waals surface area contributed by atoms with Crippen molar-refractivity contribution in [1.82, 2.24) is 9.88 Å². The summed E-state index contributed by atoms with van der Waals surface area (Å²) in [5.41, 5.74) is 2.28. The van der Waals surface area contributed by atoms with E-state index in [0.29, 0.717) is 32.4 Å². The summed E-state index contributed by atoms with van der Waals surface area (Å²) >= 11 is 0. The van der Waals surface area contributed by atoms with Crippen LogP contribution in [0.25, 0.3) is 0 Å². The minimum absolute atomic E-state index is 0.00456. The third-order valence-electron chi connectivity index (χ3n) is 5.46. The zero-order valence-corrected chi connectivity index (χ0v) is 16.5. The van der Waals surface area contributed by atoms with Gasteiger partial charge >= 0.3 is 5.97 Å². The molecule has 1 fully saturated rings. The molecule has 150 valence electrons. The van der Waals surface area contributed by atoms with Gasteiger partial charge in [-0.2, -0.15) is 0 Å². The Labute approximate surface area is 161 Å². The monoisotopic (exact) mass is 395 g/mol. The third-order valence-corrected chi connectivity index (χ3v) is 7.81. The molecule has 0 aromatic carbocycles. The van der Waals surface area contributed by atoms with E-state index in [1.807, 2.05) is 4.90 Å². The van der Waals surface area contributed by atoms with Gasteiger partial charge in [0.2, 0.25) is 0 Å². The molecule has 1 saturated heterocycles. The number of aromatic nitrogens is 1. The number of aliphatic carboxylic acids is 1. The van der Waals surface area contributed by atoms with Crippen LogP contribution < -0.4 is 5.32 Å². The third kappa shape index (κ3) is 5.65. The van der Waals surface area contributed by atoms with Crippen LogP contribution >= 0.6 is 0 Å². The molecule has 0 unspecified atom stereocenters. The van der Waals surface area contributed by atoms with Crippen LogP contribution in [-0.4, -0.2) is 66.6 Å². The van der Waals surface area contributed by atoms with E-state index in [0.717, 1.165) is 43.7 Å². The maximum Gasteiger partial charge on any atom is 0.317 e. The van der Waals surface area contributed by atoms with E-state index in [1.54, 1.807) is 0 Å². The number of likely N-dealkylation sites (tertiary alicyclic amines) is 1. The number of nitrogens with zero attached hydrogens (tertiary/aromatic N) is 2. The van der Waals surface area contributed by atoms with Crippen molar-refractivity contribution in [2.45, 2.75) is 50.2 Å². The second-order valence-electron chi connectivity index (χ2n) is 7.53. The molecule has 2 N–H and O–H groups in total. The number of unbranched alkanes of at least 4 members (excludes halogenated alkanes) is 1. The summed E-state index contributed by atoms with van der Waals surface area (Å²) in [5, 5.41) is 11.8. The Bertz CT molecular complexity index is 758. The van der Waals surface area contributed by atoms with Gasteiger partial charge in [0.05, 0.1) is 17.5 Å². The number of nitrogens with one attached hydrogen (secondary N) is 1. The smallest absolute Gasteiger partial charge is 0.317 e. The van der Waals surface area contributed by atoms with Crippen molar-refractivity contribution in [3.05, 3.63) is 23.4 Å². The highest BCUT2D eigenvalue weighted by molar-refractivity contribution is 7.92. The zero-order valence-electron chi connectivity index (χ0n) is 15.7. The van der Waals surface area contributed by atoms with Gasteiger partial charge in [0, 0.05) is 12.2 Å². The van der Waals surface area contributed by atoms with Crippen LogP contribution in [0.2, 0.25) is 0 Å². The fraction of sp³-hybridized carbons (Fsp3) is 0.684. The summed E-state index contributed by atoms with van der Waals surface area (Å²) in [6.07, 6.45) is 5.52. The Kier molecular flexibility index (Phi) is 6.70. The number of aryl methyl sites for hydroxylation is 2. The highest BCUT2D eigenvalue weighted by Crippen LogP contribution is 2.22. The summed E-state index contributed by atoms with van der Waals surface area (Å²) in [6.45, 7) is 2.05. The molecular formula is C19H29N3O4S. The van der Waals surface area contributed by atoms with Crippen LogP contribution in [-0.2, 0) is 27.5 Å². The van der Waals surface area contributed by atoms with Gasteiger partial charge in [0.25, 0.3) is 0 Å². The SMILES string of the molecule is O=C(O)CN1CCC(S(=O)(=O)CCCCc2ccc3c(n2)NCCC3)CC1. The van der Waals surface area contributed by atoms with E-state index in [1.165, 1.54) is 5.56 Å². The Morgan fingerprint density at radius 3 is 2.78 bits per heavy atom. The Morgan fingerprint density at radius 2 is 2.04 bits per heavy atom. The molecule has 7 nitrogen and oxygen atoms in total. The van der Waals surface area contributed by atoms with Crippen molar-refractivity contribution in [3.8, 4) is 0 Å². The lowest BCUT2D eigenvalue weighted by Crippen LogP contribution is -2.42. The molecule has 2 aliphatic rings. The van der Waals surface area contributed by atoms with Crippen molar-refractivity contribution in [2.24, 2.45) is 0 Å². The van der Waals surface area contributed by atoms with Gasteiger partial charge in [-0.3, -0.25) is 9.69 Å². The van der Waals surface area contributed by atoms with Gasteiger partial charge in [-0.15, -0.1) is 0 Å². The molecule has 3 heterocycles. The standard InChI is InChI=1S/C19H29N3O4S/c23-18(24)14-22-11-8-17(9-12-22)27(25,26)13-2-1-5-16-7-6-15-4-3-10-20-19(15)21-16/h6-7,17H,1-5,8-14H2,(H,20,21)(H,23,24). The van der Waals surface area contributed by atoms with E-state index < -0.39 is 15.8 Å². The molecule has 0 spiro atoms. The molecule has 0 aliphatic carbocycles. The molecule has 0 atom stereocenters. The van der Waals surface area contributed by atoms with Crippen molar-refractivity contribution < 1.29 is 18.3 Å². The van der Waals surface area contributed by atoms with Crippen molar-refractivity contribution in [3.63, 3.8) is 0 Å². The van der Waals surface area contributed by atoms with Gasteiger partial charge in [-0.05, 0) is 69.7 Å². The minimum atomic E-state index is -3.11. The van der Waals surface area contributed by atoms with Crippen LogP contribution in [0.1, 0.15) is 43.4 Å². The Balaban J connectivity index is 1.41. The lowest BCUT2D eigenvalue weighted by molar-refractivity contribution is -0.138. The minimum Gasteiger partial charge on any atom is -0.480 e. The molecule has 2 aliphatic heterocycles. The first-order valence-corrected chi connectivity index (χ1v) is 11.5. The van der Waals surface area contributed by atoms with Gasteiger partial charge in [-0.1, -0.05) is 6.07 Å². The average Bonchev–Trinajstić information content (AvgIpc) is 2.65. The number of carboxylic acids is 1. The fourth-order valence-electron chi connectivity index (χ4n) is 3.90. The van der Waals surface area contributed by atoms with Crippen molar-refractivity contribution >= 4 is 21.6 Å². The van der Waals surface area contributed by atoms with Crippen LogP contribution in [0.4, 0.5) is 5.82 Å². The molecule has 27 heavy (non-hydrogen) atoms. The quantitative estimate of drug-likeness (QED) is 0.647. The van der Waals surface area contributed by atoms with Crippen LogP contribution in [0.3, 0.4) is 0 Å². The summed E-state index contributed by atoms with van der Waals surface area (Å²) in [7, 11) is -3.11. The number of sulfone groups is 1. The number of fused-ring (bicyclic) bond motifs is 1. The normalized spacial score (nSPS) is 18.7. The molecule has 1 aromatic rings. The maximum absolute atomic E-state index is 12.6. The number of anilines is 1. The van der Waals surface area contributed by atoms with E-state index in [4.69, 9.17) is 5.11 Å². The lowest BCUT2D eigenvalue weighted by atomic mass is 10.1. The first-order chi connectivity index (χ1) is 12.9. The van der Waals surface area contributed by atoms with Crippen LogP contribution in [0.5, 0.6) is 0 Å². The predicted octanol–water partition coefficient (Wildman–Crippen LogP) is 1.73. The van der Waals surface area contributed by atoms with Crippen LogP contribution in [0, 0.1) is 0 Å². The fourth-order valence-corrected chi connectivity index (χ4v) is 5.77. The largest absolute Gasteiger partial charge is 0.480 e. The number of hydrogen-bond donors (Lipinski definition) is 2. The van der Waals surface area contributed by atoms with E-state index >= 15 is 0 Å². The highest BCUT2D eigenvalue weighted by Gasteiger charge is 2.29. The van der Waals surface area contributed by atoms with Crippen molar-refractivity contribution in [2.75, 3.05) is 37.2 Å². The Hall–Kier alpha value is -1.67. The van der Waals surface area contributed by atoms with E-state index in [9.17, 15) is 13.2 Å². The molecule has 8 heteroatoms. The van der Waals surface area contributed by atoms with Crippen molar-refractivity contribution in [1.29, 1.82) is 0 Å². The van der Waals surface area contributed by atoms with E-state index in [2.05, 4.69) is 22.4 Å². The Morgan fingerprint density at radius 1 is 1.26 bits per heavy atom. The molecule has 0 bridgehead atoms. The summed E-state index contributed by atoms with van der Waals surface area (Å²) in [6, 6.07) is 4.18. The van der Waals surface area contributed by atoms with Gasteiger partial charge in [-0.25, -0.2) is 13.4 Å². The predicted molar refractivity (Wildman–Crippen MR) is 105 cm³/mol. The van der Waals surface area contributed by atoms with Crippen LogP contribution in [0.15, 0.2) is 12.1 Å². The van der Waals surface area contributed by atoms with E-state index in [-0.39, 0.29) is 17.5 Å². The molecule has 1 aromatic heterocycles. The molecule has 0 amide bonds. The second kappa shape index (κ2) is 9.01. The molecular weight excluding hydrogens is 366 g/mol. The molecule has 0 saturated carbocycles. The number of piperidine rings is 1. The number of pyridine rings is 1.